The molecule has 0 saturated carbocycles. The molecule has 170 valence electrons. The highest BCUT2D eigenvalue weighted by Gasteiger charge is 2.24. The monoisotopic (exact) mass is 471 g/mol. The number of aromatic nitrogens is 1. The van der Waals surface area contributed by atoms with Gasteiger partial charge in [-0.3, -0.25) is 4.79 Å². The van der Waals surface area contributed by atoms with Crippen molar-refractivity contribution in [2.24, 2.45) is 0 Å². The normalized spacial score (nSPS) is 12.5. The second kappa shape index (κ2) is 9.74. The number of hydrogen-bond donors (Lipinski definition) is 2. The first kappa shape index (κ1) is 23.0. The first-order chi connectivity index (χ1) is 16.4. The van der Waals surface area contributed by atoms with Crippen molar-refractivity contribution in [3.8, 4) is 34.8 Å². The molecule has 0 aliphatic carbocycles. The topological polar surface area (TPSA) is 134 Å². The van der Waals surface area contributed by atoms with E-state index in [-0.39, 0.29) is 29.6 Å². The maximum absolute atomic E-state index is 12.9. The number of pyridine rings is 1. The van der Waals surface area contributed by atoms with E-state index in [9.17, 15) is 15.3 Å². The molecular formula is C25H21N5O3S. The largest absolute Gasteiger partial charge is 0.454 e. The number of nitrogens with one attached hydrogen (secondary N) is 1. The number of nitrogen functional groups attached to an aromatic ring is 1. The second-order valence-corrected chi connectivity index (χ2v) is 8.85. The van der Waals surface area contributed by atoms with Gasteiger partial charge in [0.1, 0.15) is 28.5 Å². The van der Waals surface area contributed by atoms with Gasteiger partial charge in [0.25, 0.3) is 0 Å². The zero-order valence-electron chi connectivity index (χ0n) is 18.6. The van der Waals surface area contributed by atoms with Gasteiger partial charge in [0.05, 0.1) is 10.8 Å². The number of thioether (sulfide) groups is 1. The number of carbonyl (C=O) groups is 1. The number of nitriles is 2. The minimum Gasteiger partial charge on any atom is -0.454 e. The molecule has 34 heavy (non-hydrogen) atoms. The van der Waals surface area contributed by atoms with Gasteiger partial charge in [-0.2, -0.15) is 10.5 Å². The van der Waals surface area contributed by atoms with Crippen LogP contribution in [-0.4, -0.2) is 22.9 Å². The molecule has 1 amide bonds. The van der Waals surface area contributed by atoms with Crippen LogP contribution in [0.4, 0.5) is 11.5 Å². The van der Waals surface area contributed by atoms with Crippen LogP contribution in [-0.2, 0) is 11.2 Å². The number of nitrogens with two attached hydrogens (primary N) is 1. The fourth-order valence-corrected chi connectivity index (χ4v) is 4.44. The SMILES string of the molecule is CCc1ccc(-c2c(C#N)c(N)nc(SC(C)C(=O)Nc3ccc4c(c3)OCO4)c2C#N)cc1. The van der Waals surface area contributed by atoms with Crippen molar-refractivity contribution in [2.45, 2.75) is 30.5 Å². The number of carbonyl (C=O) groups excluding carboxylic acids is 1. The van der Waals surface area contributed by atoms with Crippen molar-refractivity contribution in [2.75, 3.05) is 17.8 Å². The summed E-state index contributed by atoms with van der Waals surface area (Å²) in [5.41, 5.74) is 9.25. The summed E-state index contributed by atoms with van der Waals surface area (Å²) < 4.78 is 10.6. The van der Waals surface area contributed by atoms with Crippen LogP contribution in [0.15, 0.2) is 47.5 Å². The van der Waals surface area contributed by atoms with E-state index in [1.54, 1.807) is 25.1 Å². The van der Waals surface area contributed by atoms with Gasteiger partial charge in [-0.05, 0) is 36.6 Å². The average Bonchev–Trinajstić information content (AvgIpc) is 3.31. The van der Waals surface area contributed by atoms with E-state index in [0.717, 1.165) is 23.7 Å². The number of aryl methyl sites for hydroxylation is 1. The fourth-order valence-electron chi connectivity index (χ4n) is 3.52. The number of benzene rings is 2. The van der Waals surface area contributed by atoms with Gasteiger partial charge >= 0.3 is 0 Å². The predicted octanol–water partition coefficient (Wildman–Crippen LogP) is 4.48. The number of ether oxygens (including phenoxy) is 2. The highest BCUT2D eigenvalue weighted by molar-refractivity contribution is 8.00. The molecule has 3 aromatic rings. The third-order valence-corrected chi connectivity index (χ3v) is 6.45. The molecule has 0 saturated heterocycles. The number of hydrogen-bond acceptors (Lipinski definition) is 8. The summed E-state index contributed by atoms with van der Waals surface area (Å²) in [5.74, 6) is 0.911. The lowest BCUT2D eigenvalue weighted by atomic mass is 9.96. The van der Waals surface area contributed by atoms with E-state index in [1.807, 2.05) is 31.2 Å². The summed E-state index contributed by atoms with van der Waals surface area (Å²) in [5, 5.41) is 22.2. The molecule has 1 aromatic heterocycles. The molecule has 0 bridgehead atoms. The van der Waals surface area contributed by atoms with Crippen molar-refractivity contribution < 1.29 is 14.3 Å². The van der Waals surface area contributed by atoms with Crippen molar-refractivity contribution in [1.29, 1.82) is 10.5 Å². The maximum atomic E-state index is 12.9. The molecule has 1 aliphatic rings. The van der Waals surface area contributed by atoms with Crippen LogP contribution in [0.1, 0.15) is 30.5 Å². The molecule has 0 radical (unpaired) electrons. The van der Waals surface area contributed by atoms with E-state index < -0.39 is 5.25 Å². The van der Waals surface area contributed by atoms with Crippen LogP contribution < -0.4 is 20.5 Å². The Morgan fingerprint density at radius 3 is 2.53 bits per heavy atom. The molecule has 9 heteroatoms. The lowest BCUT2D eigenvalue weighted by Crippen LogP contribution is -2.22. The Labute approximate surface area is 201 Å². The third-order valence-electron chi connectivity index (χ3n) is 5.36. The molecule has 1 unspecified atom stereocenters. The Bertz CT molecular complexity index is 1340. The zero-order chi connectivity index (χ0) is 24.2. The van der Waals surface area contributed by atoms with E-state index in [4.69, 9.17) is 15.2 Å². The second-order valence-electron chi connectivity index (χ2n) is 7.52. The van der Waals surface area contributed by atoms with Crippen LogP contribution >= 0.6 is 11.8 Å². The zero-order valence-corrected chi connectivity index (χ0v) is 19.4. The van der Waals surface area contributed by atoms with Crippen molar-refractivity contribution in [1.82, 2.24) is 4.98 Å². The maximum Gasteiger partial charge on any atom is 0.237 e. The molecule has 1 aliphatic heterocycles. The van der Waals surface area contributed by atoms with E-state index in [1.165, 1.54) is 0 Å². The number of anilines is 2. The molecule has 0 fully saturated rings. The van der Waals surface area contributed by atoms with Gasteiger partial charge in [-0.15, -0.1) is 0 Å². The number of rotatable bonds is 6. The number of amides is 1. The Morgan fingerprint density at radius 1 is 1.15 bits per heavy atom. The van der Waals surface area contributed by atoms with Crippen LogP contribution in [0.3, 0.4) is 0 Å². The highest BCUT2D eigenvalue weighted by Crippen LogP contribution is 2.38. The minimum absolute atomic E-state index is 0.0157. The molecule has 4 rings (SSSR count). The van der Waals surface area contributed by atoms with E-state index >= 15 is 0 Å². The number of fused-ring (bicyclic) bond motifs is 1. The first-order valence-electron chi connectivity index (χ1n) is 10.5. The number of nitrogens with zero attached hydrogens (tertiary/aromatic N) is 3. The van der Waals surface area contributed by atoms with Crippen molar-refractivity contribution >= 4 is 29.2 Å². The van der Waals surface area contributed by atoms with Crippen LogP contribution in [0, 0.1) is 22.7 Å². The van der Waals surface area contributed by atoms with Gasteiger partial charge in [-0.1, -0.05) is 43.0 Å². The van der Waals surface area contributed by atoms with Gasteiger partial charge in [0.15, 0.2) is 11.5 Å². The van der Waals surface area contributed by atoms with Crippen molar-refractivity contribution in [3.05, 3.63) is 59.2 Å². The quantitative estimate of drug-likeness (QED) is 0.502. The van der Waals surface area contributed by atoms with Gasteiger partial charge < -0.3 is 20.5 Å². The predicted molar refractivity (Wildman–Crippen MR) is 129 cm³/mol. The smallest absolute Gasteiger partial charge is 0.237 e. The molecular weight excluding hydrogens is 450 g/mol. The standard InChI is InChI=1S/C25H21N5O3S/c1-3-15-4-6-16(7-5-15)22-18(11-26)23(28)30-25(19(22)12-27)34-14(2)24(31)29-17-8-9-20-21(10-17)33-13-32-20/h4-10,14H,3,13H2,1-2H3,(H2,28,30)(H,29,31). The van der Waals surface area contributed by atoms with Crippen LogP contribution in [0.2, 0.25) is 0 Å². The van der Waals surface area contributed by atoms with Gasteiger partial charge in [-0.25, -0.2) is 4.98 Å². The van der Waals surface area contributed by atoms with E-state index in [2.05, 4.69) is 22.4 Å². The lowest BCUT2D eigenvalue weighted by molar-refractivity contribution is -0.115. The summed E-state index contributed by atoms with van der Waals surface area (Å²) in [6, 6.07) is 17.0. The summed E-state index contributed by atoms with van der Waals surface area (Å²) >= 11 is 1.11. The molecule has 0 spiro atoms. The molecule has 8 nitrogen and oxygen atoms in total. The summed E-state index contributed by atoms with van der Waals surface area (Å²) in [4.78, 5) is 17.1. The molecule has 1 atom stereocenters. The van der Waals surface area contributed by atoms with Gasteiger partial charge in [0, 0.05) is 17.3 Å². The Kier molecular flexibility index (Phi) is 6.58. The first-order valence-corrected chi connectivity index (χ1v) is 11.4. The Hall–Kier alpha value is -4.21. The average molecular weight is 472 g/mol. The molecule has 2 aromatic carbocycles. The fraction of sp³-hybridized carbons (Fsp3) is 0.200. The Morgan fingerprint density at radius 2 is 1.85 bits per heavy atom. The molecule has 2 heterocycles. The highest BCUT2D eigenvalue weighted by atomic mass is 32.2. The molecule has 3 N–H and O–H groups in total. The summed E-state index contributed by atoms with van der Waals surface area (Å²) in [6.45, 7) is 3.90. The van der Waals surface area contributed by atoms with Crippen LogP contribution in [0.25, 0.3) is 11.1 Å². The third kappa shape index (κ3) is 4.47. The lowest BCUT2D eigenvalue weighted by Gasteiger charge is -2.16. The van der Waals surface area contributed by atoms with Crippen LogP contribution in [0.5, 0.6) is 11.5 Å². The summed E-state index contributed by atoms with van der Waals surface area (Å²) in [7, 11) is 0. The summed E-state index contributed by atoms with van der Waals surface area (Å²) in [6.07, 6.45) is 0.867. The van der Waals surface area contributed by atoms with E-state index in [0.29, 0.717) is 33.3 Å². The van der Waals surface area contributed by atoms with Gasteiger partial charge in [0.2, 0.25) is 12.7 Å². The van der Waals surface area contributed by atoms with Crippen molar-refractivity contribution in [3.63, 3.8) is 0 Å². The Balaban J connectivity index is 1.63. The minimum atomic E-state index is -0.604.